The number of likely N-dealkylation sites (N-methyl/N-ethyl adjacent to an activating group) is 1. The van der Waals surface area contributed by atoms with Crippen LogP contribution in [0, 0.1) is 0 Å². The highest BCUT2D eigenvalue weighted by Crippen LogP contribution is 2.23. The molecule has 0 aliphatic carbocycles. The van der Waals surface area contributed by atoms with E-state index >= 15 is 0 Å². The van der Waals surface area contributed by atoms with Crippen molar-refractivity contribution in [3.8, 4) is 0 Å². The zero-order valence-corrected chi connectivity index (χ0v) is 11.3. The molecule has 0 fully saturated rings. The fourth-order valence-corrected chi connectivity index (χ4v) is 1.91. The summed E-state index contributed by atoms with van der Waals surface area (Å²) >= 11 is 6.11. The number of nitrogens with two attached hydrogens (primary N) is 1. The van der Waals surface area contributed by atoms with Gasteiger partial charge in [-0.3, -0.25) is 0 Å². The third-order valence-electron chi connectivity index (χ3n) is 2.65. The summed E-state index contributed by atoms with van der Waals surface area (Å²) in [4.78, 5) is 2.13. The molecule has 3 N–H and O–H groups in total. The standard InChI is InChI=1S/C12H18ClN3O2/c1-3-16(6-7-18-2)9-4-5-10(11(13)8-9)12(14)15-17/h4-5,8,17H,3,6-7H2,1-2H3,(H2,14,15). The second-order valence-electron chi connectivity index (χ2n) is 3.72. The number of nitrogens with zero attached hydrogens (tertiary/aromatic N) is 2. The van der Waals surface area contributed by atoms with Crippen LogP contribution in [0.2, 0.25) is 5.02 Å². The van der Waals surface area contributed by atoms with Gasteiger partial charge in [-0.25, -0.2) is 0 Å². The van der Waals surface area contributed by atoms with Gasteiger partial charge >= 0.3 is 0 Å². The summed E-state index contributed by atoms with van der Waals surface area (Å²) in [7, 11) is 1.67. The van der Waals surface area contributed by atoms with E-state index < -0.39 is 0 Å². The summed E-state index contributed by atoms with van der Waals surface area (Å²) in [6, 6.07) is 5.43. The van der Waals surface area contributed by atoms with E-state index in [0.717, 1.165) is 18.8 Å². The van der Waals surface area contributed by atoms with Crippen molar-refractivity contribution in [3.05, 3.63) is 28.8 Å². The van der Waals surface area contributed by atoms with Crippen LogP contribution in [-0.4, -0.2) is 37.8 Å². The van der Waals surface area contributed by atoms with Gasteiger partial charge in [0.05, 0.1) is 11.6 Å². The van der Waals surface area contributed by atoms with E-state index in [1.54, 1.807) is 19.2 Å². The highest BCUT2D eigenvalue weighted by molar-refractivity contribution is 6.34. The number of oxime groups is 1. The third kappa shape index (κ3) is 3.51. The molecule has 0 atom stereocenters. The van der Waals surface area contributed by atoms with Crippen LogP contribution in [0.1, 0.15) is 12.5 Å². The number of anilines is 1. The second-order valence-corrected chi connectivity index (χ2v) is 4.13. The second kappa shape index (κ2) is 7.08. The SMILES string of the molecule is CCN(CCOC)c1ccc(C(N)=NO)c(Cl)c1. The molecule has 1 aromatic carbocycles. The number of benzene rings is 1. The minimum absolute atomic E-state index is 0.00601. The maximum Gasteiger partial charge on any atom is 0.171 e. The molecule has 100 valence electrons. The highest BCUT2D eigenvalue weighted by atomic mass is 35.5. The Labute approximate surface area is 112 Å². The van der Waals surface area contributed by atoms with Crippen LogP contribution >= 0.6 is 11.6 Å². The van der Waals surface area contributed by atoms with Gasteiger partial charge in [-0.15, -0.1) is 0 Å². The minimum atomic E-state index is 0.00601. The van der Waals surface area contributed by atoms with E-state index in [-0.39, 0.29) is 5.84 Å². The first-order valence-electron chi connectivity index (χ1n) is 5.65. The Balaban J connectivity index is 2.95. The molecule has 6 heteroatoms. The Hall–Kier alpha value is -1.46. The van der Waals surface area contributed by atoms with Crippen molar-refractivity contribution in [2.75, 3.05) is 31.7 Å². The molecule has 0 bridgehead atoms. The Morgan fingerprint density at radius 2 is 2.28 bits per heavy atom. The van der Waals surface area contributed by atoms with Crippen molar-refractivity contribution in [1.82, 2.24) is 0 Å². The van der Waals surface area contributed by atoms with E-state index in [1.165, 1.54) is 0 Å². The van der Waals surface area contributed by atoms with Gasteiger partial charge in [0.25, 0.3) is 0 Å². The largest absolute Gasteiger partial charge is 0.409 e. The van der Waals surface area contributed by atoms with Gasteiger partial charge in [0.2, 0.25) is 0 Å². The first kappa shape index (κ1) is 14.6. The van der Waals surface area contributed by atoms with Crippen LogP contribution in [0.4, 0.5) is 5.69 Å². The predicted octanol–water partition coefficient (Wildman–Crippen LogP) is 1.91. The molecule has 1 rings (SSSR count). The number of rotatable bonds is 6. The molecule has 0 aliphatic rings. The van der Waals surface area contributed by atoms with Crippen LogP contribution in [-0.2, 0) is 4.74 Å². The topological polar surface area (TPSA) is 71.1 Å². The van der Waals surface area contributed by atoms with Crippen molar-refractivity contribution in [1.29, 1.82) is 0 Å². The number of hydrogen-bond acceptors (Lipinski definition) is 4. The molecule has 0 unspecified atom stereocenters. The van der Waals surface area contributed by atoms with Crippen molar-refractivity contribution >= 4 is 23.1 Å². The molecule has 0 amide bonds. The third-order valence-corrected chi connectivity index (χ3v) is 2.96. The van der Waals surface area contributed by atoms with Crippen molar-refractivity contribution in [2.24, 2.45) is 10.9 Å². The average Bonchev–Trinajstić information content (AvgIpc) is 2.39. The Kier molecular flexibility index (Phi) is 5.74. The number of amidine groups is 1. The summed E-state index contributed by atoms with van der Waals surface area (Å²) in [6.45, 7) is 4.34. The maximum atomic E-state index is 8.63. The lowest BCUT2D eigenvalue weighted by atomic mass is 10.1. The fourth-order valence-electron chi connectivity index (χ4n) is 1.63. The van der Waals surface area contributed by atoms with Crippen LogP contribution in [0.3, 0.4) is 0 Å². The summed E-state index contributed by atoms with van der Waals surface area (Å²) in [5, 5.41) is 12.0. The highest BCUT2D eigenvalue weighted by Gasteiger charge is 2.09. The van der Waals surface area contributed by atoms with Gasteiger partial charge in [-0.1, -0.05) is 16.8 Å². The summed E-state index contributed by atoms with van der Waals surface area (Å²) in [6.07, 6.45) is 0. The molecular weight excluding hydrogens is 254 g/mol. The molecule has 0 radical (unpaired) electrons. The quantitative estimate of drug-likeness (QED) is 0.359. The monoisotopic (exact) mass is 271 g/mol. The van der Waals surface area contributed by atoms with Crippen molar-refractivity contribution in [2.45, 2.75) is 6.92 Å². The molecule has 0 aromatic heterocycles. The number of halogens is 1. The van der Waals surface area contributed by atoms with Gasteiger partial charge in [0.15, 0.2) is 5.84 Å². The summed E-state index contributed by atoms with van der Waals surface area (Å²) in [5.41, 5.74) is 7.02. The van der Waals surface area contributed by atoms with E-state index in [0.29, 0.717) is 17.2 Å². The summed E-state index contributed by atoms with van der Waals surface area (Å²) in [5.74, 6) is 0.00601. The molecule has 0 saturated carbocycles. The maximum absolute atomic E-state index is 8.63. The average molecular weight is 272 g/mol. The molecule has 0 aliphatic heterocycles. The molecule has 0 heterocycles. The van der Waals surface area contributed by atoms with Crippen molar-refractivity contribution < 1.29 is 9.94 Å². The molecule has 1 aromatic rings. The molecule has 0 spiro atoms. The fraction of sp³-hybridized carbons (Fsp3) is 0.417. The Morgan fingerprint density at radius 1 is 1.56 bits per heavy atom. The Morgan fingerprint density at radius 3 is 2.78 bits per heavy atom. The Bertz CT molecular complexity index is 424. The van der Waals surface area contributed by atoms with Crippen LogP contribution in [0.15, 0.2) is 23.4 Å². The van der Waals surface area contributed by atoms with Crippen LogP contribution < -0.4 is 10.6 Å². The van der Waals surface area contributed by atoms with E-state index in [1.807, 2.05) is 6.07 Å². The number of methoxy groups -OCH3 is 1. The van der Waals surface area contributed by atoms with Gasteiger partial charge in [-0.05, 0) is 25.1 Å². The van der Waals surface area contributed by atoms with E-state index in [4.69, 9.17) is 27.3 Å². The molecular formula is C12H18ClN3O2. The number of hydrogen-bond donors (Lipinski definition) is 2. The van der Waals surface area contributed by atoms with Gasteiger partial charge in [0, 0.05) is 31.5 Å². The smallest absolute Gasteiger partial charge is 0.171 e. The van der Waals surface area contributed by atoms with E-state index in [2.05, 4.69) is 17.0 Å². The zero-order valence-electron chi connectivity index (χ0n) is 10.6. The lowest BCUT2D eigenvalue weighted by molar-refractivity contribution is 0.205. The predicted molar refractivity (Wildman–Crippen MR) is 73.7 cm³/mol. The lowest BCUT2D eigenvalue weighted by Crippen LogP contribution is -2.27. The van der Waals surface area contributed by atoms with Gasteiger partial charge in [0.1, 0.15) is 0 Å². The molecule has 5 nitrogen and oxygen atoms in total. The number of ether oxygens (including phenoxy) is 1. The van der Waals surface area contributed by atoms with Crippen molar-refractivity contribution in [3.63, 3.8) is 0 Å². The normalized spacial score (nSPS) is 11.6. The van der Waals surface area contributed by atoms with Crippen LogP contribution in [0.5, 0.6) is 0 Å². The van der Waals surface area contributed by atoms with Gasteiger partial charge < -0.3 is 20.6 Å². The first-order chi connectivity index (χ1) is 8.63. The zero-order chi connectivity index (χ0) is 13.5. The van der Waals surface area contributed by atoms with E-state index in [9.17, 15) is 0 Å². The summed E-state index contributed by atoms with van der Waals surface area (Å²) < 4.78 is 5.06. The molecule has 0 saturated heterocycles. The minimum Gasteiger partial charge on any atom is -0.409 e. The van der Waals surface area contributed by atoms with Gasteiger partial charge in [-0.2, -0.15) is 0 Å². The molecule has 18 heavy (non-hydrogen) atoms. The lowest BCUT2D eigenvalue weighted by Gasteiger charge is -2.23. The van der Waals surface area contributed by atoms with Crippen LogP contribution in [0.25, 0.3) is 0 Å². The first-order valence-corrected chi connectivity index (χ1v) is 6.03.